The first-order valence-electron chi connectivity index (χ1n) is 4.22. The van der Waals surface area contributed by atoms with E-state index in [0.29, 0.717) is 6.54 Å². The summed E-state index contributed by atoms with van der Waals surface area (Å²) in [5, 5.41) is 0. The zero-order valence-electron chi connectivity index (χ0n) is 7.40. The maximum absolute atomic E-state index is 5.62. The zero-order chi connectivity index (χ0) is 9.97. The van der Waals surface area contributed by atoms with Gasteiger partial charge in [-0.15, -0.1) is 11.3 Å². The Morgan fingerprint density at radius 2 is 2.00 bits per heavy atom. The molecule has 0 aliphatic carbocycles. The molecule has 0 amide bonds. The Kier molecular flexibility index (Phi) is 2.96. The molecule has 2 rings (SSSR count). The van der Waals surface area contributed by atoms with Crippen molar-refractivity contribution in [1.29, 1.82) is 0 Å². The van der Waals surface area contributed by atoms with Crippen LogP contribution in [0.25, 0.3) is 10.4 Å². The van der Waals surface area contributed by atoms with Crippen LogP contribution in [0, 0.1) is 0 Å². The fourth-order valence-corrected chi connectivity index (χ4v) is 2.80. The summed E-state index contributed by atoms with van der Waals surface area (Å²) in [5.41, 5.74) is 7.75. The molecule has 0 saturated carbocycles. The molecule has 14 heavy (non-hydrogen) atoms. The molecular weight excluding hydrogens is 260 g/mol. The Labute approximate surface area is 94.9 Å². The summed E-state index contributed by atoms with van der Waals surface area (Å²) in [6.45, 7) is 0.478. The van der Waals surface area contributed by atoms with Crippen LogP contribution in [0.3, 0.4) is 0 Å². The van der Waals surface area contributed by atoms with Gasteiger partial charge in [-0.1, -0.05) is 30.3 Å². The SMILES string of the molecule is NCc1nc(Br)sc1-c1ccccc1. The molecular formula is C10H9BrN2S. The molecule has 0 aliphatic rings. The molecule has 2 aromatic rings. The molecule has 72 valence electrons. The van der Waals surface area contributed by atoms with Gasteiger partial charge >= 0.3 is 0 Å². The van der Waals surface area contributed by atoms with Crippen LogP contribution in [0.2, 0.25) is 0 Å². The van der Waals surface area contributed by atoms with Gasteiger partial charge in [-0.25, -0.2) is 4.98 Å². The normalized spacial score (nSPS) is 10.4. The lowest BCUT2D eigenvalue weighted by Crippen LogP contribution is -1.97. The van der Waals surface area contributed by atoms with E-state index in [1.54, 1.807) is 11.3 Å². The number of hydrogen-bond donors (Lipinski definition) is 1. The Morgan fingerprint density at radius 3 is 2.64 bits per heavy atom. The maximum atomic E-state index is 5.62. The summed E-state index contributed by atoms with van der Waals surface area (Å²) in [4.78, 5) is 5.47. The van der Waals surface area contributed by atoms with Gasteiger partial charge in [0.15, 0.2) is 3.92 Å². The van der Waals surface area contributed by atoms with E-state index in [4.69, 9.17) is 5.73 Å². The molecule has 0 aliphatic heterocycles. The van der Waals surface area contributed by atoms with Crippen LogP contribution in [-0.2, 0) is 6.54 Å². The molecule has 4 heteroatoms. The van der Waals surface area contributed by atoms with Crippen LogP contribution in [0.5, 0.6) is 0 Å². The second kappa shape index (κ2) is 4.21. The van der Waals surface area contributed by atoms with Crippen LogP contribution < -0.4 is 5.73 Å². The molecule has 0 radical (unpaired) electrons. The first-order chi connectivity index (χ1) is 6.81. The lowest BCUT2D eigenvalue weighted by molar-refractivity contribution is 1.01. The standard InChI is InChI=1S/C10H9BrN2S/c11-10-13-8(6-12)9(14-10)7-4-2-1-3-5-7/h1-5H,6,12H2. The van der Waals surface area contributed by atoms with Crippen LogP contribution in [0.15, 0.2) is 34.2 Å². The van der Waals surface area contributed by atoms with Gasteiger partial charge in [-0.2, -0.15) is 0 Å². The smallest absolute Gasteiger partial charge is 0.159 e. The lowest BCUT2D eigenvalue weighted by Gasteiger charge is -1.98. The van der Waals surface area contributed by atoms with Gasteiger partial charge in [0.05, 0.1) is 10.6 Å². The summed E-state index contributed by atoms with van der Waals surface area (Å²) >= 11 is 4.99. The minimum absolute atomic E-state index is 0.478. The number of benzene rings is 1. The van der Waals surface area contributed by atoms with E-state index < -0.39 is 0 Å². The Bertz CT molecular complexity index is 425. The third-order valence-electron chi connectivity index (χ3n) is 1.90. The average molecular weight is 269 g/mol. The largest absolute Gasteiger partial charge is 0.325 e. The topological polar surface area (TPSA) is 38.9 Å². The van der Waals surface area contributed by atoms with Crippen LogP contribution in [-0.4, -0.2) is 4.98 Å². The summed E-state index contributed by atoms with van der Waals surface area (Å²) in [7, 11) is 0. The summed E-state index contributed by atoms with van der Waals surface area (Å²) in [6.07, 6.45) is 0. The predicted molar refractivity (Wildman–Crippen MR) is 63.1 cm³/mol. The highest BCUT2D eigenvalue weighted by Crippen LogP contribution is 2.32. The molecule has 2 nitrogen and oxygen atoms in total. The summed E-state index contributed by atoms with van der Waals surface area (Å²) in [5.74, 6) is 0. The van der Waals surface area contributed by atoms with Crippen molar-refractivity contribution in [2.75, 3.05) is 0 Å². The van der Waals surface area contributed by atoms with Crippen molar-refractivity contribution in [2.45, 2.75) is 6.54 Å². The zero-order valence-corrected chi connectivity index (χ0v) is 9.81. The first-order valence-corrected chi connectivity index (χ1v) is 5.83. The molecule has 0 unspecified atom stereocenters. The third-order valence-corrected chi connectivity index (χ3v) is 3.50. The van der Waals surface area contributed by atoms with Gasteiger partial charge in [0.2, 0.25) is 0 Å². The van der Waals surface area contributed by atoms with Crippen LogP contribution >= 0.6 is 27.3 Å². The number of hydrogen-bond acceptors (Lipinski definition) is 3. The van der Waals surface area contributed by atoms with Crippen molar-refractivity contribution in [3.8, 4) is 10.4 Å². The van der Waals surface area contributed by atoms with Gasteiger partial charge in [0.25, 0.3) is 0 Å². The average Bonchev–Trinajstić information content (AvgIpc) is 2.61. The minimum atomic E-state index is 0.478. The third kappa shape index (κ3) is 1.87. The Balaban J connectivity index is 2.51. The Hall–Kier alpha value is -0.710. The van der Waals surface area contributed by atoms with E-state index in [1.807, 2.05) is 18.2 Å². The van der Waals surface area contributed by atoms with Gasteiger partial charge < -0.3 is 5.73 Å². The highest BCUT2D eigenvalue weighted by atomic mass is 79.9. The Morgan fingerprint density at radius 1 is 1.29 bits per heavy atom. The number of aromatic nitrogens is 1. The second-order valence-electron chi connectivity index (χ2n) is 2.81. The highest BCUT2D eigenvalue weighted by molar-refractivity contribution is 9.11. The fraction of sp³-hybridized carbons (Fsp3) is 0.100. The second-order valence-corrected chi connectivity index (χ2v) is 5.09. The van der Waals surface area contributed by atoms with Gasteiger partial charge in [-0.3, -0.25) is 0 Å². The van der Waals surface area contributed by atoms with E-state index in [9.17, 15) is 0 Å². The maximum Gasteiger partial charge on any atom is 0.159 e. The molecule has 0 saturated heterocycles. The molecule has 1 aromatic heterocycles. The van der Waals surface area contributed by atoms with E-state index in [0.717, 1.165) is 14.5 Å². The minimum Gasteiger partial charge on any atom is -0.325 e. The number of nitrogens with two attached hydrogens (primary N) is 1. The van der Waals surface area contributed by atoms with Crippen LogP contribution in [0.1, 0.15) is 5.69 Å². The van der Waals surface area contributed by atoms with E-state index in [-0.39, 0.29) is 0 Å². The van der Waals surface area contributed by atoms with Gasteiger partial charge in [0, 0.05) is 6.54 Å². The van der Waals surface area contributed by atoms with Crippen molar-refractivity contribution in [1.82, 2.24) is 4.98 Å². The first kappa shape index (κ1) is 9.83. The monoisotopic (exact) mass is 268 g/mol. The molecule has 1 aromatic carbocycles. The van der Waals surface area contributed by atoms with Crippen molar-refractivity contribution >= 4 is 27.3 Å². The molecule has 0 fully saturated rings. The predicted octanol–water partition coefficient (Wildman–Crippen LogP) is 3.03. The number of rotatable bonds is 2. The van der Waals surface area contributed by atoms with Crippen LogP contribution in [0.4, 0.5) is 0 Å². The molecule has 0 atom stereocenters. The van der Waals surface area contributed by atoms with E-state index >= 15 is 0 Å². The van der Waals surface area contributed by atoms with E-state index in [2.05, 4.69) is 33.0 Å². The molecule has 2 N–H and O–H groups in total. The fourth-order valence-electron chi connectivity index (χ4n) is 1.28. The van der Waals surface area contributed by atoms with Crippen molar-refractivity contribution < 1.29 is 0 Å². The van der Waals surface area contributed by atoms with Crippen molar-refractivity contribution in [3.05, 3.63) is 39.9 Å². The highest BCUT2D eigenvalue weighted by Gasteiger charge is 2.09. The molecule has 1 heterocycles. The number of thiazole rings is 1. The van der Waals surface area contributed by atoms with Crippen molar-refractivity contribution in [3.63, 3.8) is 0 Å². The van der Waals surface area contributed by atoms with E-state index in [1.165, 1.54) is 5.56 Å². The van der Waals surface area contributed by atoms with Crippen molar-refractivity contribution in [2.24, 2.45) is 5.73 Å². The van der Waals surface area contributed by atoms with Gasteiger partial charge in [0.1, 0.15) is 0 Å². The van der Waals surface area contributed by atoms with Gasteiger partial charge in [-0.05, 0) is 21.5 Å². The summed E-state index contributed by atoms with van der Waals surface area (Å²) < 4.78 is 0.886. The molecule has 0 spiro atoms. The number of nitrogens with zero attached hydrogens (tertiary/aromatic N) is 1. The number of halogens is 1. The lowest BCUT2D eigenvalue weighted by atomic mass is 10.1. The quantitative estimate of drug-likeness (QED) is 0.910. The summed E-state index contributed by atoms with van der Waals surface area (Å²) in [6, 6.07) is 10.2. The molecule has 0 bridgehead atoms.